The highest BCUT2D eigenvalue weighted by Gasteiger charge is 2.40. The maximum absolute atomic E-state index is 9.65. The molecule has 2 aromatic heterocycles. The lowest BCUT2D eigenvalue weighted by Gasteiger charge is -2.29. The molecule has 0 unspecified atom stereocenters. The second-order valence-electron chi connectivity index (χ2n) is 6.99. The van der Waals surface area contributed by atoms with E-state index >= 15 is 0 Å². The SMILES string of the molecule is CCCCN1C(=S)N[C@H](c2ccccn2)[C@H]1c1cccn1-c1ccc(O)cc1. The molecule has 5 nitrogen and oxygen atoms in total. The molecule has 1 aliphatic rings. The number of unbranched alkanes of at least 4 members (excludes halogenated alkanes) is 1. The van der Waals surface area contributed by atoms with Crippen molar-refractivity contribution < 1.29 is 5.11 Å². The minimum atomic E-state index is -0.0173. The fourth-order valence-corrected chi connectivity index (χ4v) is 4.11. The summed E-state index contributed by atoms with van der Waals surface area (Å²) in [6, 6.07) is 17.5. The van der Waals surface area contributed by atoms with Gasteiger partial charge in [0.25, 0.3) is 0 Å². The van der Waals surface area contributed by atoms with Crippen molar-refractivity contribution in [3.8, 4) is 11.4 Å². The van der Waals surface area contributed by atoms with E-state index < -0.39 is 0 Å². The lowest BCUT2D eigenvalue weighted by atomic mass is 10.0. The van der Waals surface area contributed by atoms with E-state index in [1.807, 2.05) is 36.5 Å². The first-order chi connectivity index (χ1) is 13.7. The number of aromatic nitrogens is 2. The molecule has 6 heteroatoms. The normalized spacial score (nSPS) is 19.0. The number of pyridine rings is 1. The summed E-state index contributed by atoms with van der Waals surface area (Å²) in [5, 5.41) is 13.9. The van der Waals surface area contributed by atoms with E-state index in [2.05, 4.69) is 45.0 Å². The number of hydrogen-bond donors (Lipinski definition) is 2. The molecule has 2 N–H and O–H groups in total. The van der Waals surface area contributed by atoms with Crippen LogP contribution in [0.15, 0.2) is 67.0 Å². The first-order valence-corrected chi connectivity index (χ1v) is 10.0. The van der Waals surface area contributed by atoms with Crippen LogP contribution < -0.4 is 5.32 Å². The Hall–Kier alpha value is -2.86. The second-order valence-corrected chi connectivity index (χ2v) is 7.38. The molecular formula is C22H24N4OS. The first-order valence-electron chi connectivity index (χ1n) is 9.63. The molecule has 0 saturated carbocycles. The van der Waals surface area contributed by atoms with Gasteiger partial charge in [0.2, 0.25) is 0 Å². The summed E-state index contributed by atoms with van der Waals surface area (Å²) < 4.78 is 2.16. The number of thiocarbonyl (C=S) groups is 1. The molecule has 0 amide bonds. The molecule has 0 bridgehead atoms. The molecular weight excluding hydrogens is 368 g/mol. The maximum Gasteiger partial charge on any atom is 0.170 e. The van der Waals surface area contributed by atoms with E-state index in [1.165, 1.54) is 0 Å². The van der Waals surface area contributed by atoms with Crippen LogP contribution in [-0.4, -0.2) is 31.2 Å². The van der Waals surface area contributed by atoms with Gasteiger partial charge in [0.05, 0.1) is 17.8 Å². The Bertz CT molecular complexity index is 939. The molecule has 3 heterocycles. The molecule has 1 fully saturated rings. The molecule has 1 saturated heterocycles. The highest BCUT2D eigenvalue weighted by molar-refractivity contribution is 7.80. The smallest absolute Gasteiger partial charge is 0.170 e. The summed E-state index contributed by atoms with van der Waals surface area (Å²) in [5.41, 5.74) is 3.13. The third kappa shape index (κ3) is 3.47. The number of phenols is 1. The standard InChI is InChI=1S/C22H24N4OS/c1-2-3-14-26-21(20(24-22(26)28)18-7-4-5-13-23-18)19-8-6-15-25(19)16-9-11-17(27)12-10-16/h4-13,15,20-21,27H,2-3,14H2,1H3,(H,24,28)/t20-,21-/m1/s1. The van der Waals surface area contributed by atoms with Crippen molar-refractivity contribution in [3.63, 3.8) is 0 Å². The van der Waals surface area contributed by atoms with Gasteiger partial charge in [-0.15, -0.1) is 0 Å². The van der Waals surface area contributed by atoms with Gasteiger partial charge >= 0.3 is 0 Å². The highest BCUT2D eigenvalue weighted by atomic mass is 32.1. The monoisotopic (exact) mass is 392 g/mol. The molecule has 4 rings (SSSR count). The number of rotatable bonds is 6. The van der Waals surface area contributed by atoms with Gasteiger partial charge in [0.15, 0.2) is 5.11 Å². The van der Waals surface area contributed by atoms with Crippen molar-refractivity contribution in [2.75, 3.05) is 6.54 Å². The number of hydrogen-bond acceptors (Lipinski definition) is 3. The highest BCUT2D eigenvalue weighted by Crippen LogP contribution is 2.39. The molecule has 0 spiro atoms. The fourth-order valence-electron chi connectivity index (χ4n) is 3.78. The number of aromatic hydroxyl groups is 1. The number of nitrogens with one attached hydrogen (secondary N) is 1. The van der Waals surface area contributed by atoms with Crippen LogP contribution in [0.1, 0.15) is 43.2 Å². The van der Waals surface area contributed by atoms with Crippen LogP contribution in [0.3, 0.4) is 0 Å². The zero-order valence-corrected chi connectivity index (χ0v) is 16.6. The molecule has 1 aliphatic heterocycles. The predicted octanol–water partition coefficient (Wildman–Crippen LogP) is 4.35. The van der Waals surface area contributed by atoms with Crippen LogP contribution in [0, 0.1) is 0 Å². The Morgan fingerprint density at radius 2 is 1.93 bits per heavy atom. The van der Waals surface area contributed by atoms with Crippen molar-refractivity contribution in [3.05, 3.63) is 78.4 Å². The second kappa shape index (κ2) is 8.02. The molecule has 3 aromatic rings. The van der Waals surface area contributed by atoms with E-state index in [1.54, 1.807) is 12.1 Å². The largest absolute Gasteiger partial charge is 0.508 e. The van der Waals surface area contributed by atoms with E-state index in [0.717, 1.165) is 41.6 Å². The Labute approximate surface area is 170 Å². The Morgan fingerprint density at radius 3 is 2.64 bits per heavy atom. The van der Waals surface area contributed by atoms with Gasteiger partial charge in [-0.25, -0.2) is 0 Å². The summed E-state index contributed by atoms with van der Waals surface area (Å²) in [6.07, 6.45) is 6.06. The Kier molecular flexibility index (Phi) is 5.30. The minimum absolute atomic E-state index is 0.0173. The van der Waals surface area contributed by atoms with E-state index in [-0.39, 0.29) is 17.8 Å². The zero-order chi connectivity index (χ0) is 19.5. The van der Waals surface area contributed by atoms with Gasteiger partial charge in [-0.3, -0.25) is 4.98 Å². The average molecular weight is 393 g/mol. The number of nitrogens with zero attached hydrogens (tertiary/aromatic N) is 3. The van der Waals surface area contributed by atoms with Crippen molar-refractivity contribution in [1.82, 2.24) is 19.8 Å². The van der Waals surface area contributed by atoms with E-state index in [9.17, 15) is 5.11 Å². The Balaban J connectivity index is 1.78. The van der Waals surface area contributed by atoms with Gasteiger partial charge < -0.3 is 19.9 Å². The first kappa shape index (κ1) is 18.5. The van der Waals surface area contributed by atoms with Crippen LogP contribution in [0.5, 0.6) is 5.75 Å². The summed E-state index contributed by atoms with van der Waals surface area (Å²) in [4.78, 5) is 6.88. The Morgan fingerprint density at radius 1 is 1.11 bits per heavy atom. The fraction of sp³-hybridized carbons (Fsp3) is 0.273. The van der Waals surface area contributed by atoms with Crippen LogP contribution in [0.4, 0.5) is 0 Å². The van der Waals surface area contributed by atoms with Crippen molar-refractivity contribution in [2.24, 2.45) is 0 Å². The summed E-state index contributed by atoms with van der Waals surface area (Å²) >= 11 is 5.70. The molecule has 2 atom stereocenters. The lowest BCUT2D eigenvalue weighted by Crippen LogP contribution is -2.31. The third-order valence-corrected chi connectivity index (χ3v) is 5.51. The number of benzene rings is 1. The maximum atomic E-state index is 9.65. The van der Waals surface area contributed by atoms with Crippen LogP contribution in [-0.2, 0) is 0 Å². The van der Waals surface area contributed by atoms with Crippen molar-refractivity contribution in [1.29, 1.82) is 0 Å². The zero-order valence-electron chi connectivity index (χ0n) is 15.8. The molecule has 1 aromatic carbocycles. The van der Waals surface area contributed by atoms with Gasteiger partial charge in [0.1, 0.15) is 5.75 Å². The molecule has 144 valence electrons. The van der Waals surface area contributed by atoms with E-state index in [0.29, 0.717) is 0 Å². The predicted molar refractivity (Wildman–Crippen MR) is 115 cm³/mol. The average Bonchev–Trinajstić information content (AvgIpc) is 3.32. The van der Waals surface area contributed by atoms with Gasteiger partial charge in [-0.2, -0.15) is 0 Å². The number of phenolic OH excluding ortho intramolecular Hbond substituents is 1. The van der Waals surface area contributed by atoms with Gasteiger partial charge in [-0.1, -0.05) is 19.4 Å². The van der Waals surface area contributed by atoms with E-state index in [4.69, 9.17) is 12.2 Å². The van der Waals surface area contributed by atoms with Crippen molar-refractivity contribution >= 4 is 17.3 Å². The topological polar surface area (TPSA) is 53.3 Å². The lowest BCUT2D eigenvalue weighted by molar-refractivity contribution is 0.304. The van der Waals surface area contributed by atoms with Crippen molar-refractivity contribution in [2.45, 2.75) is 31.8 Å². The van der Waals surface area contributed by atoms with Crippen LogP contribution in [0.2, 0.25) is 0 Å². The quantitative estimate of drug-likeness (QED) is 0.611. The molecule has 28 heavy (non-hydrogen) atoms. The van der Waals surface area contributed by atoms with Crippen LogP contribution in [0.25, 0.3) is 5.69 Å². The van der Waals surface area contributed by atoms with Gasteiger partial charge in [0, 0.05) is 30.3 Å². The minimum Gasteiger partial charge on any atom is -0.508 e. The van der Waals surface area contributed by atoms with Gasteiger partial charge in [-0.05, 0) is 67.2 Å². The summed E-state index contributed by atoms with van der Waals surface area (Å²) in [6.45, 7) is 3.09. The molecule has 0 aliphatic carbocycles. The van der Waals surface area contributed by atoms with Crippen LogP contribution >= 0.6 is 12.2 Å². The summed E-state index contributed by atoms with van der Waals surface area (Å²) in [5.74, 6) is 0.261. The summed E-state index contributed by atoms with van der Waals surface area (Å²) in [7, 11) is 0. The third-order valence-electron chi connectivity index (χ3n) is 5.16. The molecule has 0 radical (unpaired) electrons.